The summed E-state index contributed by atoms with van der Waals surface area (Å²) in [6, 6.07) is 8.66. The highest BCUT2D eigenvalue weighted by atomic mass is 32.2. The lowest BCUT2D eigenvalue weighted by molar-refractivity contribution is -0.169. The molecule has 0 aromatic heterocycles. The van der Waals surface area contributed by atoms with E-state index in [9.17, 15) is 18.4 Å². The lowest BCUT2D eigenvalue weighted by atomic mass is 9.76. The molecule has 3 rings (SSSR count). The van der Waals surface area contributed by atoms with Gasteiger partial charge in [-0.05, 0) is 62.5 Å². The number of sulfone groups is 1. The van der Waals surface area contributed by atoms with Crippen LogP contribution in [0.4, 0.5) is 0 Å². The van der Waals surface area contributed by atoms with Crippen molar-refractivity contribution < 1.29 is 23.2 Å². The van der Waals surface area contributed by atoms with E-state index in [4.69, 9.17) is 4.74 Å². The van der Waals surface area contributed by atoms with E-state index in [1.807, 2.05) is 19.9 Å². The highest BCUT2D eigenvalue weighted by Gasteiger charge is 2.48. The van der Waals surface area contributed by atoms with Gasteiger partial charge in [0.15, 0.2) is 9.84 Å². The Morgan fingerprint density at radius 1 is 1.16 bits per heavy atom. The number of carbonyl (C=O) groups is 1. The van der Waals surface area contributed by atoms with Crippen molar-refractivity contribution in [3.63, 3.8) is 0 Å². The topological polar surface area (TPSA) is 83.9 Å². The Labute approximate surface area is 186 Å². The Morgan fingerprint density at radius 3 is 2.45 bits per heavy atom. The first-order valence-corrected chi connectivity index (χ1v) is 12.8. The van der Waals surface area contributed by atoms with Crippen molar-refractivity contribution in [1.29, 1.82) is 0 Å². The lowest BCUT2D eigenvalue weighted by Gasteiger charge is -2.27. The van der Waals surface area contributed by atoms with Crippen LogP contribution in [0.15, 0.2) is 47.4 Å². The Hall–Kier alpha value is -1.70. The van der Waals surface area contributed by atoms with E-state index < -0.39 is 15.3 Å². The largest absolute Gasteiger partial charge is 0.374 e. The molecule has 172 valence electrons. The number of nitrogens with zero attached hydrogens (tertiary/aromatic N) is 1. The molecule has 6 nitrogen and oxygen atoms in total. The number of ether oxygens (including phenoxy) is 1. The monoisotopic (exact) mass is 449 g/mol. The summed E-state index contributed by atoms with van der Waals surface area (Å²) < 4.78 is 31.5. The first kappa shape index (κ1) is 24.0. The number of hydroxylamine groups is 2. The van der Waals surface area contributed by atoms with Gasteiger partial charge in [-0.2, -0.15) is 0 Å². The molecule has 2 bridgehead atoms. The highest BCUT2D eigenvalue weighted by molar-refractivity contribution is 7.91. The van der Waals surface area contributed by atoms with Gasteiger partial charge in [-0.1, -0.05) is 44.2 Å². The Bertz CT molecular complexity index is 878. The standard InChI is InChI=1S/C24H35NO5S/c1-24(2,23(26)25(3)27)16-9-5-8-12-19-20(22-14-13-21(19)30-22)15-17-31(28,29)18-10-6-4-7-11-18/h4-8,10-11,19-22,27H,9,12-17H2,1-3H3/t19-,20+,21-,22+/m0/s1. The average Bonchev–Trinajstić information content (AvgIpc) is 3.34. The average molecular weight is 450 g/mol. The normalized spacial score (nSPS) is 25.9. The zero-order chi connectivity index (χ0) is 22.6. The number of carbonyl (C=O) groups excluding carboxylic acids is 1. The van der Waals surface area contributed by atoms with Crippen LogP contribution in [0.1, 0.15) is 52.4 Å². The number of amides is 1. The van der Waals surface area contributed by atoms with E-state index in [0.29, 0.717) is 28.7 Å². The van der Waals surface area contributed by atoms with Crippen LogP contribution in [0.25, 0.3) is 0 Å². The summed E-state index contributed by atoms with van der Waals surface area (Å²) in [7, 11) is -1.92. The van der Waals surface area contributed by atoms with Crippen LogP contribution in [0.5, 0.6) is 0 Å². The number of benzene rings is 1. The van der Waals surface area contributed by atoms with E-state index in [-0.39, 0.29) is 29.8 Å². The molecule has 0 spiro atoms. The van der Waals surface area contributed by atoms with Crippen molar-refractivity contribution in [2.75, 3.05) is 12.8 Å². The molecule has 1 aromatic rings. The number of rotatable bonds is 10. The molecule has 2 saturated heterocycles. The highest BCUT2D eigenvalue weighted by Crippen LogP contribution is 2.47. The van der Waals surface area contributed by atoms with E-state index in [1.54, 1.807) is 24.3 Å². The molecular formula is C24H35NO5S. The van der Waals surface area contributed by atoms with Gasteiger partial charge < -0.3 is 4.74 Å². The molecule has 31 heavy (non-hydrogen) atoms. The van der Waals surface area contributed by atoms with Gasteiger partial charge in [0.05, 0.1) is 22.9 Å². The number of hydrogen-bond acceptors (Lipinski definition) is 5. The Kier molecular flexibility index (Phi) is 7.60. The molecule has 1 N–H and O–H groups in total. The van der Waals surface area contributed by atoms with Crippen LogP contribution in [-0.2, 0) is 19.4 Å². The fraction of sp³-hybridized carbons (Fsp3) is 0.625. The summed E-state index contributed by atoms with van der Waals surface area (Å²) in [6.45, 7) is 3.67. The van der Waals surface area contributed by atoms with E-state index >= 15 is 0 Å². The number of allylic oxidation sites excluding steroid dienone is 2. The van der Waals surface area contributed by atoms with Gasteiger partial charge in [0.2, 0.25) is 0 Å². The minimum absolute atomic E-state index is 0.152. The molecule has 2 aliphatic heterocycles. The molecule has 0 radical (unpaired) electrons. The molecule has 1 aromatic carbocycles. The van der Waals surface area contributed by atoms with Crippen molar-refractivity contribution in [2.45, 2.75) is 69.5 Å². The summed E-state index contributed by atoms with van der Waals surface area (Å²) >= 11 is 0. The van der Waals surface area contributed by atoms with Crippen LogP contribution in [0.2, 0.25) is 0 Å². The summed E-state index contributed by atoms with van der Waals surface area (Å²) in [5.74, 6) is 0.476. The summed E-state index contributed by atoms with van der Waals surface area (Å²) in [4.78, 5) is 12.4. The third-order valence-corrected chi connectivity index (χ3v) is 8.56. The second-order valence-electron chi connectivity index (χ2n) is 9.50. The molecule has 7 heteroatoms. The van der Waals surface area contributed by atoms with E-state index in [1.165, 1.54) is 7.05 Å². The molecule has 2 heterocycles. The maximum atomic E-state index is 12.7. The van der Waals surface area contributed by atoms with Gasteiger partial charge in [0.25, 0.3) is 5.91 Å². The Balaban J connectivity index is 1.53. The number of hydrogen-bond donors (Lipinski definition) is 1. The van der Waals surface area contributed by atoms with Gasteiger partial charge in [-0.3, -0.25) is 10.0 Å². The molecule has 0 saturated carbocycles. The van der Waals surface area contributed by atoms with Crippen molar-refractivity contribution >= 4 is 15.7 Å². The minimum atomic E-state index is -3.28. The third-order valence-electron chi connectivity index (χ3n) is 6.80. The summed E-state index contributed by atoms with van der Waals surface area (Å²) in [5, 5.41) is 10.0. The van der Waals surface area contributed by atoms with Crippen molar-refractivity contribution in [3.8, 4) is 0 Å². The predicted molar refractivity (Wildman–Crippen MR) is 119 cm³/mol. The fourth-order valence-electron chi connectivity index (χ4n) is 4.99. The zero-order valence-electron chi connectivity index (χ0n) is 18.7. The van der Waals surface area contributed by atoms with Crippen molar-refractivity contribution in [1.82, 2.24) is 5.06 Å². The zero-order valence-corrected chi connectivity index (χ0v) is 19.6. The van der Waals surface area contributed by atoms with Gasteiger partial charge >= 0.3 is 0 Å². The second-order valence-corrected chi connectivity index (χ2v) is 11.6. The van der Waals surface area contributed by atoms with Gasteiger partial charge in [-0.25, -0.2) is 13.5 Å². The molecule has 1 amide bonds. The van der Waals surface area contributed by atoms with Crippen molar-refractivity contribution in [3.05, 3.63) is 42.5 Å². The second kappa shape index (κ2) is 9.84. The van der Waals surface area contributed by atoms with Crippen LogP contribution in [-0.4, -0.2) is 49.6 Å². The third kappa shape index (κ3) is 5.76. The fourth-order valence-corrected chi connectivity index (χ4v) is 6.38. The van der Waals surface area contributed by atoms with Gasteiger partial charge in [-0.15, -0.1) is 0 Å². The smallest absolute Gasteiger partial charge is 0.251 e. The van der Waals surface area contributed by atoms with Crippen LogP contribution >= 0.6 is 0 Å². The first-order valence-electron chi connectivity index (χ1n) is 11.2. The molecule has 0 unspecified atom stereocenters. The molecule has 0 aliphatic carbocycles. The molecular weight excluding hydrogens is 414 g/mol. The maximum absolute atomic E-state index is 12.7. The minimum Gasteiger partial charge on any atom is -0.374 e. The van der Waals surface area contributed by atoms with E-state index in [2.05, 4.69) is 12.2 Å². The van der Waals surface area contributed by atoms with Crippen LogP contribution in [0, 0.1) is 17.3 Å². The SMILES string of the molecule is CN(O)C(=O)C(C)(C)CCC=CC[C@H]1[C@@H](CCS(=O)(=O)c2ccccc2)[C@H]2CC[C@@H]1O2. The molecule has 4 atom stereocenters. The van der Waals surface area contributed by atoms with Gasteiger partial charge in [0, 0.05) is 12.5 Å². The quantitative estimate of drug-likeness (QED) is 0.328. The predicted octanol–water partition coefficient (Wildman–Crippen LogP) is 4.24. The number of fused-ring (bicyclic) bond motifs is 2. The molecule has 2 fully saturated rings. The van der Waals surface area contributed by atoms with Crippen LogP contribution in [0.3, 0.4) is 0 Å². The van der Waals surface area contributed by atoms with Crippen LogP contribution < -0.4 is 0 Å². The summed E-state index contributed by atoms with van der Waals surface area (Å²) in [5.41, 5.74) is -0.613. The summed E-state index contributed by atoms with van der Waals surface area (Å²) in [6.07, 6.45) is 9.60. The maximum Gasteiger partial charge on any atom is 0.251 e. The van der Waals surface area contributed by atoms with E-state index in [0.717, 1.165) is 25.7 Å². The van der Waals surface area contributed by atoms with Crippen molar-refractivity contribution in [2.24, 2.45) is 17.3 Å². The van der Waals surface area contributed by atoms with Gasteiger partial charge in [0.1, 0.15) is 0 Å². The Morgan fingerprint density at radius 2 is 1.81 bits per heavy atom. The molecule has 2 aliphatic rings. The first-order chi connectivity index (χ1) is 14.6. The lowest BCUT2D eigenvalue weighted by Crippen LogP contribution is -2.36.